The highest BCUT2D eigenvalue weighted by molar-refractivity contribution is 7.98. The molecule has 1 heterocycles. The molecule has 4 rings (SSSR count). The molecule has 0 bridgehead atoms. The van der Waals surface area contributed by atoms with Crippen LogP contribution in [0.25, 0.3) is 11.1 Å². The summed E-state index contributed by atoms with van der Waals surface area (Å²) in [5.74, 6) is 1.78. The van der Waals surface area contributed by atoms with Gasteiger partial charge in [0.2, 0.25) is 0 Å². The Kier molecular flexibility index (Phi) is 5.30. The topological polar surface area (TPSA) is 61.6 Å². The van der Waals surface area contributed by atoms with Crippen molar-refractivity contribution in [3.8, 4) is 11.5 Å². The summed E-state index contributed by atoms with van der Waals surface area (Å²) in [5, 5.41) is 0.501. The highest BCUT2D eigenvalue weighted by Gasteiger charge is 2.16. The van der Waals surface area contributed by atoms with Crippen LogP contribution in [0.4, 0.5) is 0 Å². The van der Waals surface area contributed by atoms with Gasteiger partial charge in [0.05, 0.1) is 7.11 Å². The number of hydrogen-bond acceptors (Lipinski definition) is 6. The van der Waals surface area contributed by atoms with Crippen molar-refractivity contribution in [3.63, 3.8) is 0 Å². The third kappa shape index (κ3) is 4.02. The molecule has 0 radical (unpaired) electrons. The number of rotatable bonds is 6. The van der Waals surface area contributed by atoms with Crippen LogP contribution >= 0.6 is 11.8 Å². The number of methoxy groups -OCH3 is 1. The van der Waals surface area contributed by atoms with Gasteiger partial charge >= 0.3 is 5.97 Å². The third-order valence-electron chi connectivity index (χ3n) is 4.04. The zero-order valence-corrected chi connectivity index (χ0v) is 15.9. The fourth-order valence-corrected chi connectivity index (χ4v) is 3.50. The number of esters is 1. The maximum atomic E-state index is 11.9. The smallest absolute Gasteiger partial charge is 0.341 e. The van der Waals surface area contributed by atoms with E-state index in [2.05, 4.69) is 4.98 Å². The van der Waals surface area contributed by atoms with Crippen LogP contribution in [0.15, 0.2) is 82.4 Å². The number of nitrogens with zero attached hydrogens (tertiary/aromatic N) is 1. The molecule has 0 aliphatic heterocycles. The lowest BCUT2D eigenvalue weighted by molar-refractivity contribution is 0.0601. The lowest BCUT2D eigenvalue weighted by atomic mass is 10.2. The van der Waals surface area contributed by atoms with Crippen LogP contribution in [0.1, 0.15) is 15.9 Å². The van der Waals surface area contributed by atoms with Gasteiger partial charge in [-0.1, -0.05) is 48.2 Å². The first-order valence-corrected chi connectivity index (χ1v) is 9.64. The average Bonchev–Trinajstić information content (AvgIpc) is 3.16. The van der Waals surface area contributed by atoms with E-state index in [1.54, 1.807) is 12.1 Å². The van der Waals surface area contributed by atoms with Crippen LogP contribution in [-0.4, -0.2) is 18.1 Å². The van der Waals surface area contributed by atoms with Crippen molar-refractivity contribution >= 4 is 28.8 Å². The molecule has 0 aliphatic rings. The van der Waals surface area contributed by atoms with E-state index in [-0.39, 0.29) is 0 Å². The fourth-order valence-electron chi connectivity index (χ4n) is 2.73. The molecule has 0 spiro atoms. The first kappa shape index (κ1) is 18.1. The Bertz CT molecular complexity index is 1110. The van der Waals surface area contributed by atoms with E-state index < -0.39 is 5.97 Å². The Balaban J connectivity index is 1.49. The number of hydrogen-bond donors (Lipinski definition) is 0. The van der Waals surface area contributed by atoms with Crippen LogP contribution in [0.2, 0.25) is 0 Å². The standard InChI is InChI=1S/C22H17NO4S/c1-25-21(24)18-11-6-12-19-20(18)27-22(23-19)28-14-15-7-5-10-17(13-15)26-16-8-3-2-4-9-16/h2-13H,14H2,1H3. The van der Waals surface area contributed by atoms with Crippen LogP contribution in [0, 0.1) is 0 Å². The van der Waals surface area contributed by atoms with Crippen LogP contribution < -0.4 is 4.74 Å². The van der Waals surface area contributed by atoms with Crippen molar-refractivity contribution in [2.75, 3.05) is 7.11 Å². The Morgan fingerprint density at radius 2 is 1.79 bits per heavy atom. The summed E-state index contributed by atoms with van der Waals surface area (Å²) in [5.41, 5.74) is 2.52. The van der Waals surface area contributed by atoms with Crippen molar-refractivity contribution in [3.05, 3.63) is 83.9 Å². The molecular weight excluding hydrogens is 374 g/mol. The minimum atomic E-state index is -0.441. The van der Waals surface area contributed by atoms with Crippen molar-refractivity contribution in [1.29, 1.82) is 0 Å². The Morgan fingerprint density at radius 1 is 1.00 bits per heavy atom. The fraction of sp³-hybridized carbons (Fsp3) is 0.0909. The summed E-state index contributed by atoms with van der Waals surface area (Å²) in [7, 11) is 1.34. The highest BCUT2D eigenvalue weighted by Crippen LogP contribution is 2.30. The van der Waals surface area contributed by atoms with Gasteiger partial charge < -0.3 is 13.9 Å². The summed E-state index contributed by atoms with van der Waals surface area (Å²) in [4.78, 5) is 16.3. The lowest BCUT2D eigenvalue weighted by Gasteiger charge is -2.07. The maximum absolute atomic E-state index is 11.9. The number of para-hydroxylation sites is 2. The molecule has 4 aromatic rings. The minimum Gasteiger partial charge on any atom is -0.465 e. The molecule has 0 unspecified atom stereocenters. The first-order chi connectivity index (χ1) is 13.7. The quantitative estimate of drug-likeness (QED) is 0.310. The van der Waals surface area contributed by atoms with Gasteiger partial charge in [0.15, 0.2) is 5.58 Å². The molecule has 5 nitrogen and oxygen atoms in total. The number of ether oxygens (including phenoxy) is 2. The molecule has 0 aliphatic carbocycles. The second kappa shape index (κ2) is 8.19. The van der Waals surface area contributed by atoms with Gasteiger partial charge in [-0.2, -0.15) is 0 Å². The molecule has 0 amide bonds. The monoisotopic (exact) mass is 391 g/mol. The van der Waals surface area contributed by atoms with E-state index >= 15 is 0 Å². The van der Waals surface area contributed by atoms with Gasteiger partial charge in [-0.25, -0.2) is 9.78 Å². The summed E-state index contributed by atoms with van der Waals surface area (Å²) >= 11 is 1.46. The van der Waals surface area contributed by atoms with Gasteiger partial charge in [-0.3, -0.25) is 0 Å². The number of carbonyl (C=O) groups excluding carboxylic acids is 1. The van der Waals surface area contributed by atoms with E-state index in [1.807, 2.05) is 60.7 Å². The lowest BCUT2D eigenvalue weighted by Crippen LogP contribution is -2.00. The summed E-state index contributed by atoms with van der Waals surface area (Å²) in [6.45, 7) is 0. The number of fused-ring (bicyclic) bond motifs is 1. The summed E-state index contributed by atoms with van der Waals surface area (Å²) in [6.07, 6.45) is 0. The Morgan fingerprint density at radius 3 is 2.61 bits per heavy atom. The van der Waals surface area contributed by atoms with E-state index in [0.717, 1.165) is 17.1 Å². The second-order valence-corrected chi connectivity index (χ2v) is 6.90. The number of oxazole rings is 1. The van der Waals surface area contributed by atoms with Crippen molar-refractivity contribution in [2.24, 2.45) is 0 Å². The van der Waals surface area contributed by atoms with Gasteiger partial charge in [-0.15, -0.1) is 0 Å². The van der Waals surface area contributed by atoms with E-state index in [9.17, 15) is 4.79 Å². The molecule has 0 fully saturated rings. The molecule has 0 atom stereocenters. The molecule has 6 heteroatoms. The largest absolute Gasteiger partial charge is 0.465 e. The van der Waals surface area contributed by atoms with E-state index in [1.165, 1.54) is 18.9 Å². The summed E-state index contributed by atoms with van der Waals surface area (Å²) < 4.78 is 16.5. The van der Waals surface area contributed by atoms with E-state index in [4.69, 9.17) is 13.9 Å². The molecule has 140 valence electrons. The highest BCUT2D eigenvalue weighted by atomic mass is 32.2. The zero-order chi connectivity index (χ0) is 19.3. The first-order valence-electron chi connectivity index (χ1n) is 8.65. The Labute approximate surface area is 166 Å². The molecule has 28 heavy (non-hydrogen) atoms. The average molecular weight is 391 g/mol. The number of benzene rings is 3. The van der Waals surface area contributed by atoms with Gasteiger partial charge in [0.1, 0.15) is 22.6 Å². The van der Waals surface area contributed by atoms with Gasteiger partial charge in [0.25, 0.3) is 5.22 Å². The van der Waals surface area contributed by atoms with Gasteiger partial charge in [0, 0.05) is 5.75 Å². The Hall–Kier alpha value is -3.25. The predicted octanol–water partition coefficient (Wildman–Crippen LogP) is 5.70. The number of aromatic nitrogens is 1. The maximum Gasteiger partial charge on any atom is 0.341 e. The molecule has 1 aromatic heterocycles. The van der Waals surface area contributed by atoms with Crippen LogP contribution in [0.3, 0.4) is 0 Å². The summed E-state index contributed by atoms with van der Waals surface area (Å²) in [6, 6.07) is 22.8. The van der Waals surface area contributed by atoms with E-state index in [0.29, 0.717) is 27.6 Å². The molecule has 0 N–H and O–H groups in total. The third-order valence-corrected chi connectivity index (χ3v) is 4.94. The molecule has 0 saturated carbocycles. The zero-order valence-electron chi connectivity index (χ0n) is 15.1. The minimum absolute atomic E-state index is 0.373. The van der Waals surface area contributed by atoms with Crippen LogP contribution in [0.5, 0.6) is 11.5 Å². The molecular formula is C22H17NO4S. The van der Waals surface area contributed by atoms with Crippen LogP contribution in [-0.2, 0) is 10.5 Å². The van der Waals surface area contributed by atoms with Gasteiger partial charge in [-0.05, 0) is 42.0 Å². The second-order valence-electron chi connectivity index (χ2n) is 5.98. The van der Waals surface area contributed by atoms with Crippen molar-refractivity contribution in [1.82, 2.24) is 4.98 Å². The number of carbonyl (C=O) groups is 1. The molecule has 0 saturated heterocycles. The predicted molar refractivity (Wildman–Crippen MR) is 108 cm³/mol. The SMILES string of the molecule is COC(=O)c1cccc2nc(SCc3cccc(Oc4ccccc4)c3)oc12. The van der Waals surface area contributed by atoms with Crippen molar-refractivity contribution < 1.29 is 18.7 Å². The number of thioether (sulfide) groups is 1. The van der Waals surface area contributed by atoms with Crippen molar-refractivity contribution in [2.45, 2.75) is 11.0 Å². The molecule has 3 aromatic carbocycles. The normalized spacial score (nSPS) is 10.8.